The molecular formula is C29H34N2O2. The minimum Gasteiger partial charge on any atom is -0.508 e. The number of phenols is 1. The molecule has 4 fully saturated rings. The molecule has 2 aromatic rings. The lowest BCUT2D eigenvalue weighted by Crippen LogP contribution is -2.69. The Bertz CT molecular complexity index is 1120. The number of carbonyl (C=O) groups excluding carboxylic acids is 1. The first kappa shape index (κ1) is 20.1. The van der Waals surface area contributed by atoms with Crippen LogP contribution in [0.4, 0.5) is 0 Å². The van der Waals surface area contributed by atoms with Crippen molar-refractivity contribution in [2.75, 3.05) is 19.6 Å². The SMILES string of the molecule is CCCN1CCC23c4cc(O)ccc4CC1C21CCC2C3[C@@H](CN2C(=O)c2ccccc2)C1. The number of rotatable bonds is 3. The van der Waals surface area contributed by atoms with Gasteiger partial charge in [0.25, 0.3) is 5.91 Å². The number of nitrogens with zero attached hydrogens (tertiary/aromatic N) is 2. The zero-order valence-corrected chi connectivity index (χ0v) is 19.5. The molecule has 5 unspecified atom stereocenters. The van der Waals surface area contributed by atoms with Crippen LogP contribution < -0.4 is 0 Å². The Morgan fingerprint density at radius 1 is 1.15 bits per heavy atom. The number of piperidine rings is 1. The monoisotopic (exact) mass is 442 g/mol. The summed E-state index contributed by atoms with van der Waals surface area (Å²) in [5.74, 6) is 1.71. The van der Waals surface area contributed by atoms with E-state index in [9.17, 15) is 9.90 Å². The van der Waals surface area contributed by atoms with E-state index in [0.29, 0.717) is 35.1 Å². The molecule has 33 heavy (non-hydrogen) atoms. The summed E-state index contributed by atoms with van der Waals surface area (Å²) in [4.78, 5) is 18.7. The van der Waals surface area contributed by atoms with Gasteiger partial charge in [0, 0.05) is 29.6 Å². The van der Waals surface area contributed by atoms with Crippen LogP contribution >= 0.6 is 0 Å². The first-order chi connectivity index (χ1) is 16.1. The summed E-state index contributed by atoms with van der Waals surface area (Å²) < 4.78 is 0. The largest absolute Gasteiger partial charge is 0.508 e. The van der Waals surface area contributed by atoms with Crippen LogP contribution in [0.2, 0.25) is 0 Å². The molecule has 3 aliphatic carbocycles. The van der Waals surface area contributed by atoms with Crippen molar-refractivity contribution in [2.24, 2.45) is 17.3 Å². The standard InChI is InChI=1S/C29H34N2O2/c1-2-13-30-14-12-29-23-16-22(32)9-8-20(23)15-25(30)28(29)11-10-24-26(29)21(17-28)18-31(24)27(33)19-6-4-3-5-7-19/h3-9,16,21,24-26,32H,2,10-15,17-18H2,1H3/t21-,24?,25?,26?,28?,29?/m1/s1. The second-order valence-corrected chi connectivity index (χ2v) is 11.4. The van der Waals surface area contributed by atoms with Gasteiger partial charge in [-0.25, -0.2) is 0 Å². The summed E-state index contributed by atoms with van der Waals surface area (Å²) in [6.45, 7) is 5.55. The van der Waals surface area contributed by atoms with Crippen molar-refractivity contribution in [2.45, 2.75) is 62.9 Å². The lowest BCUT2D eigenvalue weighted by molar-refractivity contribution is -0.101. The molecule has 1 N–H and O–H groups in total. The molecule has 1 amide bonds. The van der Waals surface area contributed by atoms with Crippen molar-refractivity contribution in [3.8, 4) is 5.75 Å². The van der Waals surface area contributed by atoms with Gasteiger partial charge in [0.1, 0.15) is 5.75 Å². The molecule has 0 spiro atoms. The summed E-state index contributed by atoms with van der Waals surface area (Å²) in [5, 5.41) is 10.6. The van der Waals surface area contributed by atoms with Crippen molar-refractivity contribution in [3.05, 3.63) is 65.2 Å². The molecule has 6 atom stereocenters. The third-order valence-electron chi connectivity index (χ3n) is 10.4. The Balaban J connectivity index is 1.36. The highest BCUT2D eigenvalue weighted by molar-refractivity contribution is 5.94. The molecule has 0 aromatic heterocycles. The lowest BCUT2D eigenvalue weighted by Gasteiger charge is -2.66. The van der Waals surface area contributed by atoms with E-state index in [2.05, 4.69) is 28.9 Å². The van der Waals surface area contributed by atoms with E-state index in [1.54, 1.807) is 0 Å². The fourth-order valence-corrected chi connectivity index (χ4v) is 9.63. The highest BCUT2D eigenvalue weighted by Gasteiger charge is 2.76. The maximum atomic E-state index is 13.6. The van der Waals surface area contributed by atoms with Crippen molar-refractivity contribution in [1.82, 2.24) is 9.80 Å². The first-order valence-electron chi connectivity index (χ1n) is 13.0. The Hall–Kier alpha value is -2.33. The van der Waals surface area contributed by atoms with Gasteiger partial charge in [0.2, 0.25) is 0 Å². The minimum absolute atomic E-state index is 0.105. The van der Waals surface area contributed by atoms with Gasteiger partial charge in [0.05, 0.1) is 0 Å². The molecule has 2 heterocycles. The maximum Gasteiger partial charge on any atom is 0.254 e. The number of hydrogen-bond donors (Lipinski definition) is 1. The highest BCUT2D eigenvalue weighted by atomic mass is 16.3. The molecule has 2 saturated heterocycles. The smallest absolute Gasteiger partial charge is 0.254 e. The number of likely N-dealkylation sites (tertiary alicyclic amines) is 2. The molecule has 7 rings (SSSR count). The number of fused-ring (bicyclic) bond motifs is 1. The number of phenolic OH excluding ortho intramolecular Hbond substituents is 1. The van der Waals surface area contributed by atoms with E-state index in [1.165, 1.54) is 43.4 Å². The molecule has 0 radical (unpaired) electrons. The predicted molar refractivity (Wildman–Crippen MR) is 128 cm³/mol. The molecule has 2 aliphatic heterocycles. The van der Waals surface area contributed by atoms with E-state index in [-0.39, 0.29) is 11.3 Å². The van der Waals surface area contributed by atoms with Crippen molar-refractivity contribution >= 4 is 5.91 Å². The van der Waals surface area contributed by atoms with Crippen molar-refractivity contribution in [3.63, 3.8) is 0 Å². The van der Waals surface area contributed by atoms with Crippen LogP contribution in [0, 0.1) is 17.3 Å². The minimum atomic E-state index is 0.105. The van der Waals surface area contributed by atoms with Gasteiger partial charge in [-0.05, 0) is 104 Å². The van der Waals surface area contributed by atoms with Crippen LogP contribution in [-0.4, -0.2) is 52.5 Å². The average Bonchev–Trinajstić information content (AvgIpc) is 3.28. The Morgan fingerprint density at radius 3 is 2.82 bits per heavy atom. The molecule has 2 aromatic carbocycles. The van der Waals surface area contributed by atoms with E-state index in [4.69, 9.17) is 0 Å². The van der Waals surface area contributed by atoms with Crippen LogP contribution in [0.5, 0.6) is 5.75 Å². The fourth-order valence-electron chi connectivity index (χ4n) is 9.63. The Labute approximate surface area is 196 Å². The quantitative estimate of drug-likeness (QED) is 0.755. The second-order valence-electron chi connectivity index (χ2n) is 11.4. The molecule has 2 saturated carbocycles. The molecular weight excluding hydrogens is 408 g/mol. The number of aromatic hydroxyl groups is 1. The summed E-state index contributed by atoms with van der Waals surface area (Å²) in [6, 6.07) is 17.0. The maximum absolute atomic E-state index is 13.6. The third-order valence-corrected chi connectivity index (χ3v) is 10.4. The molecule has 5 aliphatic rings. The van der Waals surface area contributed by atoms with Gasteiger partial charge in [-0.2, -0.15) is 0 Å². The van der Waals surface area contributed by atoms with Crippen LogP contribution in [0.1, 0.15) is 60.5 Å². The number of benzene rings is 2. The van der Waals surface area contributed by atoms with E-state index >= 15 is 0 Å². The van der Waals surface area contributed by atoms with E-state index in [1.807, 2.05) is 36.4 Å². The summed E-state index contributed by atoms with van der Waals surface area (Å²) >= 11 is 0. The van der Waals surface area contributed by atoms with Gasteiger partial charge in [-0.15, -0.1) is 0 Å². The Morgan fingerprint density at radius 2 is 2.00 bits per heavy atom. The predicted octanol–water partition coefficient (Wildman–Crippen LogP) is 4.61. The summed E-state index contributed by atoms with van der Waals surface area (Å²) in [6.07, 6.45) is 7.08. The molecule has 4 bridgehead atoms. The van der Waals surface area contributed by atoms with Gasteiger partial charge in [0.15, 0.2) is 0 Å². The topological polar surface area (TPSA) is 43.8 Å². The normalized spacial score (nSPS) is 38.2. The first-order valence-corrected chi connectivity index (χ1v) is 13.0. The summed E-state index contributed by atoms with van der Waals surface area (Å²) in [5.41, 5.74) is 4.11. The Kier molecular flexibility index (Phi) is 4.17. The number of carbonyl (C=O) groups is 1. The molecule has 4 heteroatoms. The summed E-state index contributed by atoms with van der Waals surface area (Å²) in [7, 11) is 0. The number of amides is 1. The van der Waals surface area contributed by atoms with Crippen LogP contribution in [0.15, 0.2) is 48.5 Å². The van der Waals surface area contributed by atoms with Gasteiger partial charge < -0.3 is 10.0 Å². The van der Waals surface area contributed by atoms with E-state index in [0.717, 1.165) is 31.5 Å². The zero-order valence-electron chi connectivity index (χ0n) is 19.5. The lowest BCUT2D eigenvalue weighted by atomic mass is 9.43. The van der Waals surface area contributed by atoms with Gasteiger partial charge in [-0.1, -0.05) is 31.2 Å². The average molecular weight is 443 g/mol. The van der Waals surface area contributed by atoms with Gasteiger partial charge in [-0.3, -0.25) is 9.69 Å². The highest BCUT2D eigenvalue weighted by Crippen LogP contribution is 2.75. The third kappa shape index (κ3) is 2.38. The molecule has 4 nitrogen and oxygen atoms in total. The van der Waals surface area contributed by atoms with Crippen LogP contribution in [0.25, 0.3) is 0 Å². The molecule has 172 valence electrons. The fraction of sp³-hybridized carbons (Fsp3) is 0.552. The van der Waals surface area contributed by atoms with Crippen LogP contribution in [0.3, 0.4) is 0 Å². The number of hydrogen-bond acceptors (Lipinski definition) is 3. The van der Waals surface area contributed by atoms with Crippen molar-refractivity contribution < 1.29 is 9.90 Å². The second kappa shape index (κ2) is 6.85. The van der Waals surface area contributed by atoms with Gasteiger partial charge >= 0.3 is 0 Å². The van der Waals surface area contributed by atoms with E-state index < -0.39 is 0 Å². The van der Waals surface area contributed by atoms with Crippen LogP contribution in [-0.2, 0) is 11.8 Å². The zero-order chi connectivity index (χ0) is 22.4. The van der Waals surface area contributed by atoms with Crippen molar-refractivity contribution in [1.29, 1.82) is 0 Å².